The molecule has 0 heterocycles. The van der Waals surface area contributed by atoms with Gasteiger partial charge in [0.1, 0.15) is 0 Å². The molecule has 0 aliphatic carbocycles. The van der Waals surface area contributed by atoms with Gasteiger partial charge in [0.05, 0.1) is 0 Å². The molecule has 5 nitrogen and oxygen atoms in total. The molecule has 0 radical (unpaired) electrons. The highest BCUT2D eigenvalue weighted by atomic mass is 16.3. The van der Waals surface area contributed by atoms with Gasteiger partial charge in [-0.05, 0) is 20.8 Å². The summed E-state index contributed by atoms with van der Waals surface area (Å²) in [6.07, 6.45) is 0. The lowest BCUT2D eigenvalue weighted by Gasteiger charge is -1.52. The minimum absolute atomic E-state index is 0. The summed E-state index contributed by atoms with van der Waals surface area (Å²) in [6, 6.07) is 0. The average Bonchev–Trinajstić information content (AvgIpc) is 1.70. The Balaban J connectivity index is -0.0000000150. The van der Waals surface area contributed by atoms with Crippen LogP contribution in [0.1, 0.15) is 20.8 Å². The first kappa shape index (κ1) is 30.8. The Morgan fingerprint density at radius 1 is 0.636 bits per heavy atom. The Hall–Kier alpha value is -0.200. The van der Waals surface area contributed by atoms with E-state index in [0.717, 1.165) is 0 Å². The van der Waals surface area contributed by atoms with Gasteiger partial charge in [0.2, 0.25) is 0 Å². The van der Waals surface area contributed by atoms with E-state index in [9.17, 15) is 0 Å². The third-order valence-corrected chi connectivity index (χ3v) is 0. The molecule has 0 rings (SSSR count). The number of rotatable bonds is 0. The molecule has 0 aliphatic heterocycles. The molecule has 0 aromatic carbocycles. The van der Waals surface area contributed by atoms with E-state index in [2.05, 4.69) is 0 Å². The summed E-state index contributed by atoms with van der Waals surface area (Å²) >= 11 is 0. The van der Waals surface area contributed by atoms with E-state index in [-0.39, 0.29) is 30.8 Å². The van der Waals surface area contributed by atoms with Crippen molar-refractivity contribution in [3.05, 3.63) is 0 Å². The van der Waals surface area contributed by atoms with Crippen LogP contribution < -0.4 is 0 Å². The molecule has 0 fully saturated rings. The maximum atomic E-state index is 7.57. The van der Waals surface area contributed by atoms with Crippen LogP contribution in [0.25, 0.3) is 0 Å². The Kier molecular flexibility index (Phi) is 271. The fourth-order valence-corrected chi connectivity index (χ4v) is 0. The molecular formula is C6H22O5. The minimum Gasteiger partial charge on any atom is -0.412 e. The second-order valence-electron chi connectivity index (χ2n) is 0.949. The lowest BCUT2D eigenvalue weighted by atomic mass is 10.9. The van der Waals surface area contributed by atoms with Crippen molar-refractivity contribution in [2.75, 3.05) is 19.8 Å². The van der Waals surface area contributed by atoms with E-state index in [1.54, 1.807) is 20.8 Å². The monoisotopic (exact) mass is 174 g/mol. The van der Waals surface area contributed by atoms with Gasteiger partial charge < -0.3 is 26.3 Å². The van der Waals surface area contributed by atoms with Crippen LogP contribution in [-0.2, 0) is 0 Å². The van der Waals surface area contributed by atoms with Gasteiger partial charge in [-0.1, -0.05) is 0 Å². The molecule has 0 unspecified atom stereocenters. The smallest absolute Gasteiger partial charge is 0.0402 e. The van der Waals surface area contributed by atoms with Crippen molar-refractivity contribution in [1.29, 1.82) is 0 Å². The molecule has 0 aromatic rings. The van der Waals surface area contributed by atoms with Crippen LogP contribution in [0.4, 0.5) is 0 Å². The zero-order valence-corrected chi connectivity index (χ0v) is 7.46. The summed E-state index contributed by atoms with van der Waals surface area (Å²) in [7, 11) is 0. The third kappa shape index (κ3) is 14900. The van der Waals surface area contributed by atoms with E-state index >= 15 is 0 Å². The number of aliphatic hydroxyl groups excluding tert-OH is 3. The topological polar surface area (TPSA) is 124 Å². The van der Waals surface area contributed by atoms with Gasteiger partial charge in [0.25, 0.3) is 0 Å². The Labute approximate surface area is 67.9 Å². The van der Waals surface area contributed by atoms with E-state index in [1.807, 2.05) is 0 Å². The molecule has 0 amide bonds. The maximum absolute atomic E-state index is 7.57. The van der Waals surface area contributed by atoms with Crippen LogP contribution >= 0.6 is 0 Å². The van der Waals surface area contributed by atoms with E-state index < -0.39 is 0 Å². The molecule has 76 valence electrons. The standard InChI is InChI=1S/3C2H6O.2H2O/c3*1-2-3;;/h3*3H,2H2,1H3;2*1H2. The van der Waals surface area contributed by atoms with Gasteiger partial charge in [0.15, 0.2) is 0 Å². The largest absolute Gasteiger partial charge is 0.412 e. The molecule has 0 aliphatic rings. The average molecular weight is 174 g/mol. The van der Waals surface area contributed by atoms with Crippen LogP contribution in [-0.4, -0.2) is 46.1 Å². The molecule has 0 atom stereocenters. The molecule has 0 saturated heterocycles. The van der Waals surface area contributed by atoms with Crippen LogP contribution in [0.5, 0.6) is 0 Å². The SMILES string of the molecule is CCO.CCO.CCO.O.O. The Morgan fingerprint density at radius 2 is 0.636 bits per heavy atom. The highest BCUT2D eigenvalue weighted by molar-refractivity contribution is 3.84. The summed E-state index contributed by atoms with van der Waals surface area (Å²) in [5.41, 5.74) is 0. The fraction of sp³-hybridized carbons (Fsp3) is 1.00. The minimum atomic E-state index is 0. The maximum Gasteiger partial charge on any atom is 0.0402 e. The van der Waals surface area contributed by atoms with E-state index in [1.165, 1.54) is 0 Å². The first-order valence-corrected chi connectivity index (χ1v) is 3.07. The molecule has 0 bridgehead atoms. The summed E-state index contributed by atoms with van der Waals surface area (Å²) in [4.78, 5) is 0. The van der Waals surface area contributed by atoms with Crippen molar-refractivity contribution in [1.82, 2.24) is 0 Å². The van der Waals surface area contributed by atoms with Gasteiger partial charge in [-0.3, -0.25) is 0 Å². The quantitative estimate of drug-likeness (QED) is 0.407. The van der Waals surface area contributed by atoms with Gasteiger partial charge in [-0.15, -0.1) is 0 Å². The number of hydrogen-bond acceptors (Lipinski definition) is 3. The van der Waals surface area contributed by atoms with E-state index in [4.69, 9.17) is 15.3 Å². The molecule has 7 N–H and O–H groups in total. The highest BCUT2D eigenvalue weighted by Crippen LogP contribution is 1.30. The third-order valence-electron chi connectivity index (χ3n) is 0. The summed E-state index contributed by atoms with van der Waals surface area (Å²) in [5.74, 6) is 0. The van der Waals surface area contributed by atoms with Crippen molar-refractivity contribution in [2.24, 2.45) is 0 Å². The zero-order valence-electron chi connectivity index (χ0n) is 7.46. The van der Waals surface area contributed by atoms with Gasteiger partial charge >= 0.3 is 0 Å². The molecule has 0 spiro atoms. The summed E-state index contributed by atoms with van der Waals surface area (Å²) < 4.78 is 0. The Morgan fingerprint density at radius 3 is 0.636 bits per heavy atom. The Bertz CT molecular complexity index is 15.7. The fourth-order valence-electron chi connectivity index (χ4n) is 0. The van der Waals surface area contributed by atoms with Crippen molar-refractivity contribution < 1.29 is 26.3 Å². The zero-order chi connectivity index (χ0) is 8.12. The second-order valence-corrected chi connectivity index (χ2v) is 0.949. The van der Waals surface area contributed by atoms with Gasteiger partial charge in [-0.2, -0.15) is 0 Å². The summed E-state index contributed by atoms with van der Waals surface area (Å²) in [6.45, 7) is 5.79. The van der Waals surface area contributed by atoms with Crippen molar-refractivity contribution in [3.8, 4) is 0 Å². The predicted octanol–water partition coefficient (Wildman–Crippen LogP) is -1.65. The lowest BCUT2D eigenvalue weighted by molar-refractivity contribution is 0.318. The molecule has 0 aromatic heterocycles. The van der Waals surface area contributed by atoms with Crippen molar-refractivity contribution >= 4 is 0 Å². The lowest BCUT2D eigenvalue weighted by Crippen LogP contribution is -1.57. The number of aliphatic hydroxyl groups is 3. The predicted molar refractivity (Wildman–Crippen MR) is 45.5 cm³/mol. The van der Waals surface area contributed by atoms with Gasteiger partial charge in [0, 0.05) is 19.8 Å². The number of hydrogen-bond donors (Lipinski definition) is 3. The second kappa shape index (κ2) is 96.8. The highest BCUT2D eigenvalue weighted by Gasteiger charge is 1.35. The molecule has 0 saturated carbocycles. The molecule has 5 heteroatoms. The first-order valence-electron chi connectivity index (χ1n) is 3.07. The van der Waals surface area contributed by atoms with Crippen molar-refractivity contribution in [2.45, 2.75) is 20.8 Å². The van der Waals surface area contributed by atoms with Gasteiger partial charge in [-0.25, -0.2) is 0 Å². The molecular weight excluding hydrogens is 152 g/mol. The normalized spacial score (nSPS) is 4.91. The van der Waals surface area contributed by atoms with E-state index in [0.29, 0.717) is 0 Å². The van der Waals surface area contributed by atoms with Crippen LogP contribution in [0, 0.1) is 0 Å². The molecule has 11 heavy (non-hydrogen) atoms. The van der Waals surface area contributed by atoms with Crippen LogP contribution in [0.3, 0.4) is 0 Å². The first-order chi connectivity index (χ1) is 4.24. The van der Waals surface area contributed by atoms with Crippen LogP contribution in [0.2, 0.25) is 0 Å². The summed E-state index contributed by atoms with van der Waals surface area (Å²) in [5, 5.41) is 22.7. The van der Waals surface area contributed by atoms with Crippen molar-refractivity contribution in [3.63, 3.8) is 0 Å². The van der Waals surface area contributed by atoms with Crippen LogP contribution in [0.15, 0.2) is 0 Å².